The number of nitrogens with zero attached hydrogens (tertiary/aromatic N) is 3. The summed E-state index contributed by atoms with van der Waals surface area (Å²) in [6, 6.07) is 17.3. The Labute approximate surface area is 210 Å². The maximum absolute atomic E-state index is 12.2. The van der Waals surface area contributed by atoms with Crippen molar-refractivity contribution in [2.45, 2.75) is 26.4 Å². The molecule has 3 rings (SSSR count). The van der Waals surface area contributed by atoms with E-state index in [1.54, 1.807) is 23.1 Å². The number of hydrogen-bond acceptors (Lipinski definition) is 3. The van der Waals surface area contributed by atoms with Gasteiger partial charge in [-0.3, -0.25) is 9.48 Å². The fourth-order valence-corrected chi connectivity index (χ4v) is 3.23. The van der Waals surface area contributed by atoms with E-state index >= 15 is 0 Å². The lowest BCUT2D eigenvalue weighted by Gasteiger charge is -2.12. The van der Waals surface area contributed by atoms with Crippen LogP contribution in [0.25, 0.3) is 0 Å². The lowest BCUT2D eigenvalue weighted by molar-refractivity contribution is -0.116. The molecule has 3 aromatic rings. The number of carbonyl (C=O) groups is 1. The smallest absolute Gasteiger partial charge is 0.246 e. The van der Waals surface area contributed by atoms with Gasteiger partial charge in [0.05, 0.1) is 6.54 Å². The van der Waals surface area contributed by atoms with E-state index in [1.165, 1.54) is 5.56 Å². The van der Waals surface area contributed by atoms with Gasteiger partial charge in [-0.05, 0) is 54.8 Å². The summed E-state index contributed by atoms with van der Waals surface area (Å²) in [6.07, 6.45) is 4.26. The molecular formula is C23H28ClIN6O. The predicted molar refractivity (Wildman–Crippen MR) is 141 cm³/mol. The van der Waals surface area contributed by atoms with Crippen LogP contribution in [0.5, 0.6) is 0 Å². The van der Waals surface area contributed by atoms with Crippen molar-refractivity contribution >= 4 is 53.1 Å². The lowest BCUT2D eigenvalue weighted by Crippen LogP contribution is -2.38. The molecule has 170 valence electrons. The molecule has 0 aliphatic heterocycles. The van der Waals surface area contributed by atoms with E-state index in [-0.39, 0.29) is 36.4 Å². The fraction of sp³-hybridized carbons (Fsp3) is 0.261. The number of aliphatic imine (C=N–C) groups is 1. The van der Waals surface area contributed by atoms with Crippen molar-refractivity contribution in [3.8, 4) is 0 Å². The normalized spacial score (nSPS) is 10.9. The second kappa shape index (κ2) is 13.7. The molecule has 0 spiro atoms. The Morgan fingerprint density at radius 2 is 1.91 bits per heavy atom. The fourth-order valence-electron chi connectivity index (χ4n) is 3.02. The molecule has 3 N–H and O–H groups in total. The molecule has 0 unspecified atom stereocenters. The van der Waals surface area contributed by atoms with Crippen LogP contribution >= 0.6 is 35.6 Å². The number of rotatable bonds is 9. The first-order chi connectivity index (χ1) is 15.1. The van der Waals surface area contributed by atoms with E-state index in [9.17, 15) is 4.79 Å². The van der Waals surface area contributed by atoms with Gasteiger partial charge < -0.3 is 16.0 Å². The van der Waals surface area contributed by atoms with Gasteiger partial charge in [-0.1, -0.05) is 35.9 Å². The summed E-state index contributed by atoms with van der Waals surface area (Å²) >= 11 is 6.05. The Bertz CT molecular complexity index is 1010. The van der Waals surface area contributed by atoms with Gasteiger partial charge in [-0.25, -0.2) is 4.99 Å². The van der Waals surface area contributed by atoms with Crippen molar-refractivity contribution < 1.29 is 4.79 Å². The SMILES string of the molecule is CCNC(=NCc1cccc(NC(=O)Cn2cccn2)c1)NCCc1cccc(Cl)c1.I. The van der Waals surface area contributed by atoms with Crippen molar-refractivity contribution in [2.24, 2.45) is 4.99 Å². The van der Waals surface area contributed by atoms with Crippen molar-refractivity contribution in [1.29, 1.82) is 0 Å². The van der Waals surface area contributed by atoms with Gasteiger partial charge >= 0.3 is 0 Å². The van der Waals surface area contributed by atoms with Crippen molar-refractivity contribution in [1.82, 2.24) is 20.4 Å². The third kappa shape index (κ3) is 8.88. The summed E-state index contributed by atoms with van der Waals surface area (Å²) in [6.45, 7) is 4.22. The zero-order valence-corrected chi connectivity index (χ0v) is 21.0. The van der Waals surface area contributed by atoms with Crippen LogP contribution in [0.15, 0.2) is 72.0 Å². The predicted octanol–water partition coefficient (Wildman–Crippen LogP) is 4.09. The molecule has 7 nitrogen and oxygen atoms in total. The van der Waals surface area contributed by atoms with E-state index in [0.29, 0.717) is 6.54 Å². The Morgan fingerprint density at radius 3 is 2.66 bits per heavy atom. The van der Waals surface area contributed by atoms with Crippen molar-refractivity contribution in [2.75, 3.05) is 18.4 Å². The maximum atomic E-state index is 12.2. The number of guanidine groups is 1. The molecule has 1 amide bonds. The number of halogens is 2. The summed E-state index contributed by atoms with van der Waals surface area (Å²) in [5.74, 6) is 0.623. The molecule has 0 saturated carbocycles. The Morgan fingerprint density at radius 1 is 1.09 bits per heavy atom. The molecule has 1 heterocycles. The van der Waals surface area contributed by atoms with Crippen LogP contribution in [0.4, 0.5) is 5.69 Å². The largest absolute Gasteiger partial charge is 0.357 e. The van der Waals surface area contributed by atoms with Crippen molar-refractivity contribution in [3.05, 3.63) is 83.1 Å². The number of nitrogens with one attached hydrogen (secondary N) is 3. The van der Waals surface area contributed by atoms with Crippen LogP contribution < -0.4 is 16.0 Å². The first kappa shape index (κ1) is 25.7. The highest BCUT2D eigenvalue weighted by Gasteiger charge is 2.05. The zero-order chi connectivity index (χ0) is 21.9. The molecule has 0 bridgehead atoms. The average molecular weight is 567 g/mol. The first-order valence-electron chi connectivity index (χ1n) is 10.2. The Kier molecular flexibility index (Phi) is 11.0. The minimum absolute atomic E-state index is 0. The maximum Gasteiger partial charge on any atom is 0.246 e. The molecule has 0 aliphatic rings. The van der Waals surface area contributed by atoms with Gasteiger partial charge in [0.15, 0.2) is 5.96 Å². The zero-order valence-electron chi connectivity index (χ0n) is 17.9. The monoisotopic (exact) mass is 566 g/mol. The van der Waals surface area contributed by atoms with E-state index < -0.39 is 0 Å². The topological polar surface area (TPSA) is 83.3 Å². The molecule has 0 fully saturated rings. The first-order valence-corrected chi connectivity index (χ1v) is 10.6. The molecule has 0 aliphatic carbocycles. The van der Waals surface area contributed by atoms with Crippen molar-refractivity contribution in [3.63, 3.8) is 0 Å². The summed E-state index contributed by atoms with van der Waals surface area (Å²) in [5, 5.41) is 14.3. The van der Waals surface area contributed by atoms with E-state index in [0.717, 1.165) is 41.7 Å². The van der Waals surface area contributed by atoms with E-state index in [1.807, 2.05) is 49.4 Å². The number of benzene rings is 2. The van der Waals surface area contributed by atoms with E-state index in [4.69, 9.17) is 11.6 Å². The number of amides is 1. The number of hydrogen-bond donors (Lipinski definition) is 3. The highest BCUT2D eigenvalue weighted by atomic mass is 127. The molecule has 0 saturated heterocycles. The number of carbonyl (C=O) groups excluding carboxylic acids is 1. The minimum Gasteiger partial charge on any atom is -0.357 e. The molecule has 1 aromatic heterocycles. The quantitative estimate of drug-likeness (QED) is 0.207. The van der Waals surface area contributed by atoms with Crippen LogP contribution in [-0.4, -0.2) is 34.7 Å². The Hall–Kier alpha value is -2.59. The standard InChI is InChI=1S/C23H27ClN6O.HI/c1-2-25-23(26-12-10-18-6-3-8-20(24)14-18)27-16-19-7-4-9-21(15-19)29-22(31)17-30-13-5-11-28-30;/h3-9,11,13-15H,2,10,12,16-17H2,1H3,(H,29,31)(H2,25,26,27);1H. The van der Waals surface area contributed by atoms with Crippen LogP contribution in [0.1, 0.15) is 18.1 Å². The molecule has 0 atom stereocenters. The van der Waals surface area contributed by atoms with Crippen LogP contribution in [0.3, 0.4) is 0 Å². The summed E-state index contributed by atoms with van der Waals surface area (Å²) in [7, 11) is 0. The highest BCUT2D eigenvalue weighted by molar-refractivity contribution is 14.0. The molecule has 0 radical (unpaired) electrons. The van der Waals surface area contributed by atoms with Crippen LogP contribution in [0, 0.1) is 0 Å². The third-order valence-corrected chi connectivity index (χ3v) is 4.67. The molecular weight excluding hydrogens is 539 g/mol. The van der Waals surface area contributed by atoms with Crippen LogP contribution in [-0.2, 0) is 24.3 Å². The third-order valence-electron chi connectivity index (χ3n) is 4.43. The second-order valence-corrected chi connectivity index (χ2v) is 7.39. The number of aromatic nitrogens is 2. The summed E-state index contributed by atoms with van der Waals surface area (Å²) in [5.41, 5.74) is 2.92. The summed E-state index contributed by atoms with van der Waals surface area (Å²) < 4.78 is 1.58. The molecule has 2 aromatic carbocycles. The Balaban J connectivity index is 0.00000363. The van der Waals surface area contributed by atoms with Gasteiger partial charge in [-0.2, -0.15) is 5.10 Å². The van der Waals surface area contributed by atoms with Gasteiger partial charge in [0, 0.05) is 36.2 Å². The van der Waals surface area contributed by atoms with E-state index in [2.05, 4.69) is 32.1 Å². The molecule has 32 heavy (non-hydrogen) atoms. The summed E-state index contributed by atoms with van der Waals surface area (Å²) in [4.78, 5) is 16.8. The van der Waals surface area contributed by atoms with Gasteiger partial charge in [0.2, 0.25) is 5.91 Å². The average Bonchev–Trinajstić information content (AvgIpc) is 3.25. The van der Waals surface area contributed by atoms with Crippen LogP contribution in [0.2, 0.25) is 5.02 Å². The van der Waals surface area contributed by atoms with Gasteiger partial charge in [0.1, 0.15) is 6.54 Å². The molecule has 9 heteroatoms. The number of anilines is 1. The van der Waals surface area contributed by atoms with Gasteiger partial charge in [-0.15, -0.1) is 24.0 Å². The minimum atomic E-state index is -0.125. The second-order valence-electron chi connectivity index (χ2n) is 6.95. The van der Waals surface area contributed by atoms with Gasteiger partial charge in [0.25, 0.3) is 0 Å². The highest BCUT2D eigenvalue weighted by Crippen LogP contribution is 2.12. The lowest BCUT2D eigenvalue weighted by atomic mass is 10.1.